The quantitative estimate of drug-likeness (QED) is 0.277. The zero-order valence-corrected chi connectivity index (χ0v) is 17.9. The smallest absolute Gasteiger partial charge is 0.269 e. The average molecular weight is 448 g/mol. The van der Waals surface area contributed by atoms with Crippen LogP contribution in [0.25, 0.3) is 0 Å². The van der Waals surface area contributed by atoms with E-state index in [1.165, 1.54) is 31.2 Å². The van der Waals surface area contributed by atoms with Crippen LogP contribution in [0.3, 0.4) is 0 Å². The van der Waals surface area contributed by atoms with Crippen LogP contribution in [-0.4, -0.2) is 44.3 Å². The maximum Gasteiger partial charge on any atom is 0.269 e. The van der Waals surface area contributed by atoms with Crippen LogP contribution in [0, 0.1) is 10.1 Å². The number of hydrogen-bond acceptors (Lipinski definition) is 10. The number of aromatic nitrogens is 3. The van der Waals surface area contributed by atoms with Crippen molar-refractivity contribution in [2.45, 2.75) is 25.7 Å². The van der Waals surface area contributed by atoms with Crippen molar-refractivity contribution in [2.75, 3.05) is 28.7 Å². The number of hydrogen-bond donors (Lipinski definition) is 3. The van der Waals surface area contributed by atoms with Crippen LogP contribution >= 0.6 is 0 Å². The molecule has 0 aliphatic carbocycles. The highest BCUT2D eigenvalue weighted by Crippen LogP contribution is 2.22. The van der Waals surface area contributed by atoms with Crippen molar-refractivity contribution < 1.29 is 10.0 Å². The molecule has 1 aliphatic heterocycles. The molecular formula is C22H24N8O3. The highest BCUT2D eigenvalue weighted by atomic mass is 16.6. The van der Waals surface area contributed by atoms with Crippen molar-refractivity contribution >= 4 is 35.4 Å². The van der Waals surface area contributed by atoms with Crippen molar-refractivity contribution in [1.82, 2.24) is 15.0 Å². The molecule has 1 fully saturated rings. The molecule has 0 bridgehead atoms. The van der Waals surface area contributed by atoms with Gasteiger partial charge < -0.3 is 15.3 Å². The summed E-state index contributed by atoms with van der Waals surface area (Å²) < 4.78 is 0. The number of nitrogens with one attached hydrogen (secondary N) is 2. The Morgan fingerprint density at radius 2 is 1.67 bits per heavy atom. The van der Waals surface area contributed by atoms with Gasteiger partial charge in [-0.2, -0.15) is 20.1 Å². The van der Waals surface area contributed by atoms with E-state index in [9.17, 15) is 15.2 Å². The molecule has 3 N–H and O–H groups in total. The monoisotopic (exact) mass is 448 g/mol. The number of nitro groups is 1. The molecule has 4 rings (SSSR count). The molecule has 3 aromatic rings. The van der Waals surface area contributed by atoms with Crippen LogP contribution in [0.1, 0.15) is 31.2 Å². The number of aromatic hydroxyl groups is 1. The van der Waals surface area contributed by atoms with Gasteiger partial charge in [-0.1, -0.05) is 25.0 Å². The van der Waals surface area contributed by atoms with Crippen molar-refractivity contribution in [2.24, 2.45) is 5.10 Å². The molecule has 0 radical (unpaired) electrons. The number of hydrazone groups is 1. The predicted molar refractivity (Wildman–Crippen MR) is 126 cm³/mol. The van der Waals surface area contributed by atoms with E-state index in [0.29, 0.717) is 23.1 Å². The van der Waals surface area contributed by atoms with Gasteiger partial charge in [-0.05, 0) is 37.1 Å². The number of nitro benzene ring substituents is 1. The predicted octanol–water partition coefficient (Wildman–Crippen LogP) is 4.06. The van der Waals surface area contributed by atoms with Crippen LogP contribution in [0.2, 0.25) is 0 Å². The first-order chi connectivity index (χ1) is 16.1. The summed E-state index contributed by atoms with van der Waals surface area (Å²) in [6.45, 7) is 1.70. The van der Waals surface area contributed by atoms with Gasteiger partial charge in [0.05, 0.1) is 11.1 Å². The highest BCUT2D eigenvalue weighted by Gasteiger charge is 2.16. The molecule has 0 atom stereocenters. The van der Waals surface area contributed by atoms with E-state index in [2.05, 4.69) is 35.7 Å². The van der Waals surface area contributed by atoms with Gasteiger partial charge in [-0.15, -0.1) is 0 Å². The second kappa shape index (κ2) is 10.4. The van der Waals surface area contributed by atoms with E-state index in [1.807, 2.05) is 0 Å². The largest absolute Gasteiger partial charge is 0.507 e. The summed E-state index contributed by atoms with van der Waals surface area (Å²) in [4.78, 5) is 26.0. The summed E-state index contributed by atoms with van der Waals surface area (Å²) in [6.07, 6.45) is 5.95. The Hall–Kier alpha value is -4.28. The zero-order valence-electron chi connectivity index (χ0n) is 17.9. The molecule has 33 heavy (non-hydrogen) atoms. The minimum absolute atomic E-state index is 0.00214. The second-order valence-corrected chi connectivity index (χ2v) is 7.54. The third kappa shape index (κ3) is 5.91. The van der Waals surface area contributed by atoms with Crippen molar-refractivity contribution in [3.05, 3.63) is 64.2 Å². The maximum atomic E-state index is 10.9. The third-order valence-electron chi connectivity index (χ3n) is 5.15. The minimum atomic E-state index is -0.450. The van der Waals surface area contributed by atoms with Gasteiger partial charge in [0.25, 0.3) is 5.69 Å². The molecule has 0 amide bonds. The standard InChI is InChI=1S/C22H24N8O3/c31-19-8-4-3-7-16(19)15-23-28-21-25-20(24-17-9-11-18(12-10-17)30(32)33)26-22(27-21)29-13-5-1-2-6-14-29/h3-4,7-12,15,31H,1-2,5-6,13-14H2,(H2,24,25,26,27,28)/b23-15+. The summed E-state index contributed by atoms with van der Waals surface area (Å²) in [5.74, 6) is 1.17. The third-order valence-corrected chi connectivity index (χ3v) is 5.15. The lowest BCUT2D eigenvalue weighted by Gasteiger charge is -2.21. The summed E-state index contributed by atoms with van der Waals surface area (Å²) in [5, 5.41) is 28.0. The molecule has 0 saturated carbocycles. The van der Waals surface area contributed by atoms with E-state index in [1.54, 1.807) is 36.4 Å². The van der Waals surface area contributed by atoms with Crippen LogP contribution in [0.5, 0.6) is 5.75 Å². The highest BCUT2D eigenvalue weighted by molar-refractivity contribution is 5.83. The first-order valence-corrected chi connectivity index (χ1v) is 10.7. The fourth-order valence-corrected chi connectivity index (χ4v) is 3.43. The van der Waals surface area contributed by atoms with E-state index in [0.717, 1.165) is 25.9 Å². The Labute approximate surface area is 190 Å². The first kappa shape index (κ1) is 21.9. The zero-order chi connectivity index (χ0) is 23.0. The lowest BCUT2D eigenvalue weighted by atomic mass is 10.2. The molecular weight excluding hydrogens is 424 g/mol. The number of phenols is 1. The minimum Gasteiger partial charge on any atom is -0.507 e. The maximum absolute atomic E-state index is 10.9. The van der Waals surface area contributed by atoms with Crippen molar-refractivity contribution in [3.8, 4) is 5.75 Å². The molecule has 1 saturated heterocycles. The Morgan fingerprint density at radius 1 is 0.970 bits per heavy atom. The Balaban J connectivity index is 1.58. The van der Waals surface area contributed by atoms with E-state index in [-0.39, 0.29) is 17.4 Å². The molecule has 2 aromatic carbocycles. The molecule has 11 heteroatoms. The molecule has 0 unspecified atom stereocenters. The average Bonchev–Trinajstić information content (AvgIpc) is 3.10. The second-order valence-electron chi connectivity index (χ2n) is 7.54. The van der Waals surface area contributed by atoms with Gasteiger partial charge in [0.2, 0.25) is 17.8 Å². The molecule has 11 nitrogen and oxygen atoms in total. The lowest BCUT2D eigenvalue weighted by molar-refractivity contribution is -0.384. The Kier molecular flexibility index (Phi) is 6.88. The molecule has 1 aromatic heterocycles. The van der Waals surface area contributed by atoms with Crippen molar-refractivity contribution in [3.63, 3.8) is 0 Å². The number of phenolic OH excluding ortho intramolecular Hbond substituents is 1. The van der Waals surface area contributed by atoms with Crippen LogP contribution in [0.15, 0.2) is 53.6 Å². The van der Waals surface area contributed by atoms with E-state index >= 15 is 0 Å². The summed E-state index contributed by atoms with van der Waals surface area (Å²) in [5.41, 5.74) is 3.97. The van der Waals surface area contributed by atoms with Gasteiger partial charge in [-0.3, -0.25) is 10.1 Å². The van der Waals surface area contributed by atoms with Gasteiger partial charge >= 0.3 is 0 Å². The Bertz CT molecular complexity index is 1130. The summed E-state index contributed by atoms with van der Waals surface area (Å²) in [6, 6.07) is 12.9. The summed E-state index contributed by atoms with van der Waals surface area (Å²) in [7, 11) is 0. The lowest BCUT2D eigenvalue weighted by Crippen LogP contribution is -2.26. The van der Waals surface area contributed by atoms with Gasteiger partial charge in [0.1, 0.15) is 5.75 Å². The van der Waals surface area contributed by atoms with E-state index < -0.39 is 4.92 Å². The molecule has 2 heterocycles. The number of benzene rings is 2. The van der Waals surface area contributed by atoms with Gasteiger partial charge in [0, 0.05) is 36.5 Å². The summed E-state index contributed by atoms with van der Waals surface area (Å²) >= 11 is 0. The van der Waals surface area contributed by atoms with Crippen LogP contribution in [-0.2, 0) is 0 Å². The SMILES string of the molecule is O=[N+]([O-])c1ccc(Nc2nc(N/N=C/c3ccccc3O)nc(N3CCCCCC3)n2)cc1. The first-order valence-electron chi connectivity index (χ1n) is 10.7. The number of anilines is 4. The topological polar surface area (TPSA) is 142 Å². The number of non-ortho nitro benzene ring substituents is 1. The van der Waals surface area contributed by atoms with Gasteiger partial charge in [-0.25, -0.2) is 5.43 Å². The van der Waals surface area contributed by atoms with Crippen LogP contribution in [0.4, 0.5) is 29.2 Å². The normalized spacial score (nSPS) is 14.1. The fourth-order valence-electron chi connectivity index (χ4n) is 3.43. The number of rotatable bonds is 7. The van der Waals surface area contributed by atoms with Crippen LogP contribution < -0.4 is 15.6 Å². The number of nitrogens with zero attached hydrogens (tertiary/aromatic N) is 6. The van der Waals surface area contributed by atoms with Gasteiger partial charge in [0.15, 0.2) is 0 Å². The molecule has 0 spiro atoms. The number of para-hydroxylation sites is 1. The van der Waals surface area contributed by atoms with Crippen molar-refractivity contribution in [1.29, 1.82) is 0 Å². The fraction of sp³-hybridized carbons (Fsp3) is 0.273. The van der Waals surface area contributed by atoms with E-state index in [4.69, 9.17) is 0 Å². The molecule has 1 aliphatic rings. The molecule has 170 valence electrons. The Morgan fingerprint density at radius 3 is 2.36 bits per heavy atom.